The molecule has 2 aromatic carbocycles. The summed E-state index contributed by atoms with van der Waals surface area (Å²) in [6.07, 6.45) is 1.64. The molecular weight excluding hydrogens is 350 g/mol. The predicted octanol–water partition coefficient (Wildman–Crippen LogP) is 4.50. The smallest absolute Gasteiger partial charge is 0.266 e. The molecule has 0 saturated heterocycles. The van der Waals surface area contributed by atoms with E-state index in [2.05, 4.69) is 22.7 Å². The second-order valence-electron chi connectivity index (χ2n) is 6.10. The number of nitrogens with zero attached hydrogens (tertiary/aromatic N) is 2. The lowest BCUT2D eigenvalue weighted by molar-refractivity contribution is -0.384. The van der Waals surface area contributed by atoms with Crippen molar-refractivity contribution in [3.05, 3.63) is 73.6 Å². The van der Waals surface area contributed by atoms with Gasteiger partial charge >= 0.3 is 0 Å². The van der Waals surface area contributed by atoms with Crippen LogP contribution in [0.3, 0.4) is 0 Å². The van der Waals surface area contributed by atoms with E-state index in [-0.39, 0.29) is 11.6 Å². The largest absolute Gasteiger partial charge is 0.281 e. The molecule has 0 unspecified atom stereocenters. The van der Waals surface area contributed by atoms with Crippen molar-refractivity contribution in [2.24, 2.45) is 5.10 Å². The normalized spacial score (nSPS) is 11.2. The maximum absolute atomic E-state index is 12.3. The van der Waals surface area contributed by atoms with Crippen molar-refractivity contribution >= 4 is 39.2 Å². The van der Waals surface area contributed by atoms with Crippen molar-refractivity contribution < 1.29 is 9.72 Å². The lowest BCUT2D eigenvalue weighted by atomic mass is 10.0. The Morgan fingerprint density at radius 1 is 1.15 bits per heavy atom. The van der Waals surface area contributed by atoms with Gasteiger partial charge in [0.2, 0.25) is 0 Å². The van der Waals surface area contributed by atoms with Crippen LogP contribution in [-0.4, -0.2) is 17.0 Å². The number of rotatable bonds is 4. The van der Waals surface area contributed by atoms with Crippen LogP contribution in [0.4, 0.5) is 5.69 Å². The summed E-state index contributed by atoms with van der Waals surface area (Å²) in [4.78, 5) is 23.1. The second-order valence-corrected chi connectivity index (χ2v) is 7.19. The molecule has 3 aromatic rings. The number of benzene rings is 2. The highest BCUT2D eigenvalue weighted by atomic mass is 32.1. The minimum absolute atomic E-state index is 0.00519. The Bertz CT molecular complexity index is 1030. The Kier molecular flexibility index (Phi) is 4.81. The number of non-ortho nitro benzene ring substituents is 1. The van der Waals surface area contributed by atoms with E-state index in [1.165, 1.54) is 29.0 Å². The highest BCUT2D eigenvalue weighted by Crippen LogP contribution is 2.28. The number of aryl methyl sites for hydroxylation is 3. The number of nitro groups is 1. The molecule has 1 aromatic heterocycles. The van der Waals surface area contributed by atoms with E-state index >= 15 is 0 Å². The fraction of sp³-hybridized carbons (Fsp3) is 0.158. The summed E-state index contributed by atoms with van der Waals surface area (Å²) in [6, 6.07) is 10.3. The van der Waals surface area contributed by atoms with Crippen molar-refractivity contribution in [1.82, 2.24) is 5.43 Å². The molecule has 0 aliphatic heterocycles. The van der Waals surface area contributed by atoms with Crippen LogP contribution in [0.15, 0.2) is 41.5 Å². The molecule has 0 aliphatic carbocycles. The van der Waals surface area contributed by atoms with Crippen LogP contribution < -0.4 is 5.43 Å². The number of thiophene rings is 1. The van der Waals surface area contributed by atoms with Gasteiger partial charge in [0.05, 0.1) is 16.0 Å². The first-order valence-corrected chi connectivity index (χ1v) is 8.76. The molecule has 0 atom stereocenters. The third kappa shape index (κ3) is 3.62. The highest BCUT2D eigenvalue weighted by Gasteiger charge is 2.13. The number of carbonyl (C=O) groups is 1. The van der Waals surface area contributed by atoms with Gasteiger partial charge in [0.15, 0.2) is 0 Å². The summed E-state index contributed by atoms with van der Waals surface area (Å²) >= 11 is 1.27. The van der Waals surface area contributed by atoms with Crippen molar-refractivity contribution in [1.29, 1.82) is 0 Å². The van der Waals surface area contributed by atoms with Gasteiger partial charge in [0, 0.05) is 27.8 Å². The van der Waals surface area contributed by atoms with E-state index in [9.17, 15) is 14.9 Å². The zero-order valence-corrected chi connectivity index (χ0v) is 15.4. The standard InChI is InChI=1S/C19H17N3O3S/c1-11-6-12(2)16(13(3)7-11)10-20-21-19(23)18-9-14-8-15(22(24)25)4-5-17(14)26-18/h4-10H,1-3H3,(H,21,23). The van der Waals surface area contributed by atoms with E-state index in [0.29, 0.717) is 10.3 Å². The molecule has 0 spiro atoms. The number of hydrazone groups is 1. The first-order valence-electron chi connectivity index (χ1n) is 7.94. The number of hydrogen-bond donors (Lipinski definition) is 1. The molecule has 1 amide bonds. The topological polar surface area (TPSA) is 84.6 Å². The molecular formula is C19H17N3O3S. The van der Waals surface area contributed by atoms with Gasteiger partial charge in [-0.25, -0.2) is 5.43 Å². The predicted molar refractivity (Wildman–Crippen MR) is 104 cm³/mol. The molecule has 1 N–H and O–H groups in total. The Hall–Kier alpha value is -3.06. The van der Waals surface area contributed by atoms with Crippen LogP contribution in [0.25, 0.3) is 10.1 Å². The monoisotopic (exact) mass is 367 g/mol. The van der Waals surface area contributed by atoms with E-state index in [0.717, 1.165) is 21.4 Å². The Labute approximate surface area is 154 Å². The van der Waals surface area contributed by atoms with Crippen molar-refractivity contribution in [3.8, 4) is 0 Å². The van der Waals surface area contributed by atoms with Crippen LogP contribution in [0.2, 0.25) is 0 Å². The van der Waals surface area contributed by atoms with Gasteiger partial charge in [-0.15, -0.1) is 11.3 Å². The summed E-state index contributed by atoms with van der Waals surface area (Å²) < 4.78 is 0.815. The molecule has 3 rings (SSSR count). The van der Waals surface area contributed by atoms with E-state index in [4.69, 9.17) is 0 Å². The third-order valence-corrected chi connectivity index (χ3v) is 5.15. The lowest BCUT2D eigenvalue weighted by Crippen LogP contribution is -2.16. The zero-order valence-electron chi connectivity index (χ0n) is 14.6. The molecule has 26 heavy (non-hydrogen) atoms. The van der Waals surface area contributed by atoms with Gasteiger partial charge in [-0.2, -0.15) is 5.10 Å². The fourth-order valence-electron chi connectivity index (χ4n) is 2.86. The summed E-state index contributed by atoms with van der Waals surface area (Å²) in [6.45, 7) is 6.04. The Morgan fingerprint density at radius 2 is 1.85 bits per heavy atom. The summed E-state index contributed by atoms with van der Waals surface area (Å²) in [7, 11) is 0. The molecule has 0 bridgehead atoms. The average molecular weight is 367 g/mol. The maximum Gasteiger partial charge on any atom is 0.281 e. The van der Waals surface area contributed by atoms with Gasteiger partial charge < -0.3 is 0 Å². The number of nitrogens with one attached hydrogen (secondary N) is 1. The first-order chi connectivity index (χ1) is 12.3. The van der Waals surface area contributed by atoms with Crippen molar-refractivity contribution in [2.75, 3.05) is 0 Å². The van der Waals surface area contributed by atoms with Crippen LogP contribution >= 0.6 is 11.3 Å². The quantitative estimate of drug-likeness (QED) is 0.418. The van der Waals surface area contributed by atoms with Crippen molar-refractivity contribution in [3.63, 3.8) is 0 Å². The molecule has 7 heteroatoms. The van der Waals surface area contributed by atoms with Gasteiger partial charge in [-0.1, -0.05) is 17.7 Å². The van der Waals surface area contributed by atoms with E-state index < -0.39 is 4.92 Å². The Balaban J connectivity index is 1.78. The third-order valence-electron chi connectivity index (χ3n) is 4.03. The summed E-state index contributed by atoms with van der Waals surface area (Å²) in [5.74, 6) is -0.340. The van der Waals surface area contributed by atoms with Gasteiger partial charge in [0.1, 0.15) is 0 Å². The van der Waals surface area contributed by atoms with Gasteiger partial charge in [0.25, 0.3) is 11.6 Å². The van der Waals surface area contributed by atoms with Gasteiger partial charge in [-0.05, 0) is 44.0 Å². The molecule has 0 fully saturated rings. The minimum atomic E-state index is -0.451. The Morgan fingerprint density at radius 3 is 2.50 bits per heavy atom. The number of amides is 1. The highest BCUT2D eigenvalue weighted by molar-refractivity contribution is 7.20. The molecule has 1 heterocycles. The fourth-order valence-corrected chi connectivity index (χ4v) is 3.79. The zero-order chi connectivity index (χ0) is 18.8. The van der Waals surface area contributed by atoms with Crippen LogP contribution in [0.5, 0.6) is 0 Å². The number of fused-ring (bicyclic) bond motifs is 1. The number of carbonyl (C=O) groups excluding carboxylic acids is 1. The molecule has 0 radical (unpaired) electrons. The van der Waals surface area contributed by atoms with E-state index in [1.54, 1.807) is 18.3 Å². The van der Waals surface area contributed by atoms with E-state index in [1.807, 2.05) is 20.8 Å². The summed E-state index contributed by atoms with van der Waals surface area (Å²) in [5.41, 5.74) is 6.87. The second kappa shape index (κ2) is 7.05. The lowest BCUT2D eigenvalue weighted by Gasteiger charge is -2.06. The van der Waals surface area contributed by atoms with Gasteiger partial charge in [-0.3, -0.25) is 14.9 Å². The molecule has 6 nitrogen and oxygen atoms in total. The van der Waals surface area contributed by atoms with Crippen molar-refractivity contribution in [2.45, 2.75) is 20.8 Å². The van der Waals surface area contributed by atoms with Crippen LogP contribution in [0, 0.1) is 30.9 Å². The molecule has 132 valence electrons. The van der Waals surface area contributed by atoms with Crippen LogP contribution in [-0.2, 0) is 0 Å². The maximum atomic E-state index is 12.3. The first kappa shape index (κ1) is 17.8. The summed E-state index contributed by atoms with van der Waals surface area (Å²) in [5, 5.41) is 15.6. The van der Waals surface area contributed by atoms with Crippen LogP contribution in [0.1, 0.15) is 31.9 Å². The number of hydrogen-bond acceptors (Lipinski definition) is 5. The molecule has 0 saturated carbocycles. The molecule has 0 aliphatic rings. The number of nitro benzene ring substituents is 1. The minimum Gasteiger partial charge on any atom is -0.266 e. The average Bonchev–Trinajstić information content (AvgIpc) is 3.00. The SMILES string of the molecule is Cc1cc(C)c(C=NNC(=O)c2cc3cc([N+](=O)[O-])ccc3s2)c(C)c1.